The zero-order valence-electron chi connectivity index (χ0n) is 7.23. The first-order valence-electron chi connectivity index (χ1n) is 3.90. The van der Waals surface area contributed by atoms with Gasteiger partial charge < -0.3 is 4.74 Å². The molecule has 0 saturated carbocycles. The highest BCUT2D eigenvalue weighted by molar-refractivity contribution is 5.71. The smallest absolute Gasteiger partial charge is 0.168 e. The maximum Gasteiger partial charge on any atom is 0.168 e. The molecule has 1 unspecified atom stereocenters. The molecule has 0 fully saturated rings. The fourth-order valence-corrected chi connectivity index (χ4v) is 1.03. The van der Waals surface area contributed by atoms with Crippen molar-refractivity contribution in [2.24, 2.45) is 0 Å². The minimum Gasteiger partial charge on any atom is -0.357 e. The molecule has 4 heteroatoms. The summed E-state index contributed by atoms with van der Waals surface area (Å²) in [4.78, 5) is 10.5. The second-order valence-corrected chi connectivity index (χ2v) is 2.37. The average molecular weight is 168 g/mol. The number of aldehydes is 1. The second-order valence-electron chi connectivity index (χ2n) is 2.37. The van der Waals surface area contributed by atoms with E-state index in [1.54, 1.807) is 16.9 Å². The molecule has 1 aromatic heterocycles. The largest absolute Gasteiger partial charge is 0.357 e. The van der Waals surface area contributed by atoms with E-state index >= 15 is 0 Å². The Morgan fingerprint density at radius 1 is 1.83 bits per heavy atom. The standard InChI is InChI=1S/C8H12N2O2/c1-3-12-7(2)10-8(6-11)4-5-9-10/h4-7H,3H2,1-2H3. The van der Waals surface area contributed by atoms with Gasteiger partial charge in [-0.1, -0.05) is 0 Å². The Bertz CT molecular complexity index is 257. The summed E-state index contributed by atoms with van der Waals surface area (Å²) in [6.07, 6.45) is 2.17. The fourth-order valence-electron chi connectivity index (χ4n) is 1.03. The minimum atomic E-state index is -0.176. The van der Waals surface area contributed by atoms with E-state index in [9.17, 15) is 4.79 Å². The van der Waals surface area contributed by atoms with E-state index in [1.807, 2.05) is 13.8 Å². The molecule has 0 aliphatic carbocycles. The van der Waals surface area contributed by atoms with Gasteiger partial charge in [0.25, 0.3) is 0 Å². The van der Waals surface area contributed by atoms with Crippen LogP contribution in [0.5, 0.6) is 0 Å². The molecular weight excluding hydrogens is 156 g/mol. The summed E-state index contributed by atoms with van der Waals surface area (Å²) in [5.41, 5.74) is 0.538. The number of ether oxygens (including phenoxy) is 1. The monoisotopic (exact) mass is 168 g/mol. The van der Waals surface area contributed by atoms with E-state index in [1.165, 1.54) is 0 Å². The van der Waals surface area contributed by atoms with Gasteiger partial charge in [0, 0.05) is 12.8 Å². The molecule has 0 amide bonds. The van der Waals surface area contributed by atoms with Crippen molar-refractivity contribution in [1.29, 1.82) is 0 Å². The van der Waals surface area contributed by atoms with Crippen LogP contribution < -0.4 is 0 Å². The zero-order chi connectivity index (χ0) is 8.97. The molecule has 1 heterocycles. The van der Waals surface area contributed by atoms with Crippen LogP contribution >= 0.6 is 0 Å². The molecule has 0 spiro atoms. The lowest BCUT2D eigenvalue weighted by Crippen LogP contribution is -2.13. The van der Waals surface area contributed by atoms with E-state index in [0.29, 0.717) is 12.3 Å². The van der Waals surface area contributed by atoms with Crippen molar-refractivity contribution in [3.63, 3.8) is 0 Å². The zero-order valence-corrected chi connectivity index (χ0v) is 7.23. The molecule has 66 valence electrons. The molecule has 1 atom stereocenters. The number of nitrogens with zero attached hydrogens (tertiary/aromatic N) is 2. The summed E-state index contributed by atoms with van der Waals surface area (Å²) in [6, 6.07) is 1.66. The van der Waals surface area contributed by atoms with Crippen LogP contribution in [0.15, 0.2) is 12.3 Å². The van der Waals surface area contributed by atoms with Gasteiger partial charge in [-0.05, 0) is 19.9 Å². The first kappa shape index (κ1) is 8.93. The summed E-state index contributed by atoms with van der Waals surface area (Å²) >= 11 is 0. The molecule has 0 saturated heterocycles. The van der Waals surface area contributed by atoms with Crippen molar-refractivity contribution in [1.82, 2.24) is 9.78 Å². The first-order chi connectivity index (χ1) is 5.79. The van der Waals surface area contributed by atoms with E-state index in [0.717, 1.165) is 6.29 Å². The van der Waals surface area contributed by atoms with Gasteiger partial charge in [0.1, 0.15) is 11.9 Å². The summed E-state index contributed by atoms with van der Waals surface area (Å²) in [6.45, 7) is 4.36. The molecule has 0 radical (unpaired) electrons. The third-order valence-corrected chi connectivity index (χ3v) is 1.57. The third kappa shape index (κ3) is 1.71. The molecule has 0 aliphatic rings. The van der Waals surface area contributed by atoms with Crippen molar-refractivity contribution >= 4 is 6.29 Å². The third-order valence-electron chi connectivity index (χ3n) is 1.57. The normalized spacial score (nSPS) is 12.8. The molecule has 1 rings (SSSR count). The Kier molecular flexibility index (Phi) is 2.99. The number of carbonyl (C=O) groups is 1. The maximum atomic E-state index is 10.5. The summed E-state index contributed by atoms with van der Waals surface area (Å²) in [7, 11) is 0. The molecule has 0 aliphatic heterocycles. The topological polar surface area (TPSA) is 44.1 Å². The van der Waals surface area contributed by atoms with Crippen LogP contribution in [-0.2, 0) is 4.74 Å². The molecule has 1 aromatic rings. The lowest BCUT2D eigenvalue weighted by molar-refractivity contribution is 0.0146. The summed E-state index contributed by atoms with van der Waals surface area (Å²) in [5, 5.41) is 3.97. The molecule has 0 aromatic carbocycles. The molecular formula is C8H12N2O2. The predicted octanol–water partition coefficient (Wildman–Crippen LogP) is 1.25. The lowest BCUT2D eigenvalue weighted by Gasteiger charge is -2.12. The lowest BCUT2D eigenvalue weighted by atomic mass is 10.4. The van der Waals surface area contributed by atoms with Crippen LogP contribution in [0.1, 0.15) is 30.6 Å². The van der Waals surface area contributed by atoms with Gasteiger partial charge >= 0.3 is 0 Å². The van der Waals surface area contributed by atoms with Gasteiger partial charge in [-0.3, -0.25) is 4.79 Å². The minimum absolute atomic E-state index is 0.176. The predicted molar refractivity (Wildman–Crippen MR) is 44.0 cm³/mol. The van der Waals surface area contributed by atoms with Crippen molar-refractivity contribution in [3.05, 3.63) is 18.0 Å². The highest BCUT2D eigenvalue weighted by Gasteiger charge is 2.07. The first-order valence-corrected chi connectivity index (χ1v) is 3.90. The highest BCUT2D eigenvalue weighted by Crippen LogP contribution is 2.07. The van der Waals surface area contributed by atoms with Gasteiger partial charge in [-0.2, -0.15) is 5.10 Å². The second kappa shape index (κ2) is 4.01. The van der Waals surface area contributed by atoms with E-state index < -0.39 is 0 Å². The Morgan fingerprint density at radius 2 is 2.58 bits per heavy atom. The maximum absolute atomic E-state index is 10.5. The van der Waals surface area contributed by atoms with E-state index in [4.69, 9.17) is 4.74 Å². The van der Waals surface area contributed by atoms with Crippen molar-refractivity contribution in [2.45, 2.75) is 20.1 Å². The molecule has 0 bridgehead atoms. The number of carbonyl (C=O) groups excluding carboxylic acids is 1. The van der Waals surface area contributed by atoms with Crippen molar-refractivity contribution < 1.29 is 9.53 Å². The van der Waals surface area contributed by atoms with Crippen LogP contribution in [0.25, 0.3) is 0 Å². The van der Waals surface area contributed by atoms with Gasteiger partial charge in [0.2, 0.25) is 0 Å². The highest BCUT2D eigenvalue weighted by atomic mass is 16.5. The van der Waals surface area contributed by atoms with Crippen LogP contribution in [0.2, 0.25) is 0 Å². The number of rotatable bonds is 4. The SMILES string of the molecule is CCOC(C)n1nccc1C=O. The molecule has 0 N–H and O–H groups in total. The van der Waals surface area contributed by atoms with Gasteiger partial charge in [0.15, 0.2) is 6.29 Å². The quantitative estimate of drug-likeness (QED) is 0.635. The summed E-state index contributed by atoms with van der Waals surface area (Å²) < 4.78 is 6.82. The van der Waals surface area contributed by atoms with Gasteiger partial charge in [-0.25, -0.2) is 4.68 Å². The Hall–Kier alpha value is -1.16. The average Bonchev–Trinajstić information content (AvgIpc) is 2.51. The van der Waals surface area contributed by atoms with E-state index in [-0.39, 0.29) is 6.23 Å². The van der Waals surface area contributed by atoms with Crippen LogP contribution in [0, 0.1) is 0 Å². The van der Waals surface area contributed by atoms with E-state index in [2.05, 4.69) is 5.10 Å². The Balaban J connectivity index is 2.78. The number of aromatic nitrogens is 2. The summed E-state index contributed by atoms with van der Waals surface area (Å²) in [5.74, 6) is 0. The van der Waals surface area contributed by atoms with Crippen LogP contribution in [0.4, 0.5) is 0 Å². The number of hydrogen-bond donors (Lipinski definition) is 0. The van der Waals surface area contributed by atoms with Crippen LogP contribution in [-0.4, -0.2) is 22.7 Å². The van der Waals surface area contributed by atoms with Crippen molar-refractivity contribution in [3.8, 4) is 0 Å². The molecule has 12 heavy (non-hydrogen) atoms. The Morgan fingerprint density at radius 3 is 3.17 bits per heavy atom. The fraction of sp³-hybridized carbons (Fsp3) is 0.500. The molecule has 4 nitrogen and oxygen atoms in total. The number of hydrogen-bond acceptors (Lipinski definition) is 3. The Labute approximate surface area is 71.1 Å². The van der Waals surface area contributed by atoms with Gasteiger partial charge in [-0.15, -0.1) is 0 Å². The van der Waals surface area contributed by atoms with Gasteiger partial charge in [0.05, 0.1) is 0 Å². The van der Waals surface area contributed by atoms with Crippen molar-refractivity contribution in [2.75, 3.05) is 6.61 Å². The van der Waals surface area contributed by atoms with Crippen LogP contribution in [0.3, 0.4) is 0 Å².